The van der Waals surface area contributed by atoms with Gasteiger partial charge in [-0.05, 0) is 13.8 Å². The van der Waals surface area contributed by atoms with Gasteiger partial charge in [-0.1, -0.05) is 0 Å². The largest absolute Gasteiger partial charge is 0.326 e. The van der Waals surface area contributed by atoms with Gasteiger partial charge < -0.3 is 5.32 Å². The number of nitrogens with zero attached hydrogens (tertiary/aromatic N) is 1. The minimum atomic E-state index is -0.459. The Hall–Kier alpha value is -1.39. The van der Waals surface area contributed by atoms with Crippen LogP contribution in [0.1, 0.15) is 20.3 Å². The number of ketones is 1. The summed E-state index contributed by atoms with van der Waals surface area (Å²) in [6.45, 7) is 3.24. The van der Waals surface area contributed by atoms with Crippen molar-refractivity contribution in [2.24, 2.45) is 0 Å². The number of carbonyl (C=O) groups excluding carboxylic acids is 3. The molecule has 0 radical (unpaired) electrons. The quantitative estimate of drug-likeness (QED) is 0.623. The minimum Gasteiger partial charge on any atom is -0.326 e. The molecule has 1 fully saturated rings. The van der Waals surface area contributed by atoms with Gasteiger partial charge in [-0.15, -0.1) is 0 Å². The van der Waals surface area contributed by atoms with Crippen LogP contribution in [0.4, 0.5) is 4.79 Å². The lowest BCUT2D eigenvalue weighted by atomic mass is 10.3. The van der Waals surface area contributed by atoms with Crippen LogP contribution >= 0.6 is 0 Å². The average molecular weight is 184 g/mol. The summed E-state index contributed by atoms with van der Waals surface area (Å²) in [7, 11) is 0. The Balaban J connectivity index is 2.54. The highest BCUT2D eigenvalue weighted by atomic mass is 16.2. The summed E-state index contributed by atoms with van der Waals surface area (Å²) in [6, 6.07) is -0.863. The molecule has 3 amide bonds. The maximum Gasteiger partial charge on any atom is 0.324 e. The Labute approximate surface area is 76.1 Å². The van der Waals surface area contributed by atoms with Crippen LogP contribution in [0.2, 0.25) is 0 Å². The summed E-state index contributed by atoms with van der Waals surface area (Å²) in [4.78, 5) is 34.1. The number of amides is 3. The molecule has 1 aliphatic rings. The molecular formula is C8H12N2O3. The van der Waals surface area contributed by atoms with E-state index in [-0.39, 0.29) is 24.7 Å². The number of nitrogens with one attached hydrogen (secondary N) is 1. The van der Waals surface area contributed by atoms with Crippen molar-refractivity contribution in [1.82, 2.24) is 10.2 Å². The molecule has 1 heterocycles. The van der Waals surface area contributed by atoms with Crippen molar-refractivity contribution >= 4 is 17.7 Å². The third-order valence-electron chi connectivity index (χ3n) is 1.91. The maximum absolute atomic E-state index is 11.3. The molecule has 1 unspecified atom stereocenters. The first-order chi connectivity index (χ1) is 6.02. The molecule has 1 N–H and O–H groups in total. The molecule has 1 saturated heterocycles. The normalized spacial score (nSPS) is 22.0. The summed E-state index contributed by atoms with van der Waals surface area (Å²) in [5.74, 6) is -0.286. The Morgan fingerprint density at radius 3 is 2.54 bits per heavy atom. The van der Waals surface area contributed by atoms with Gasteiger partial charge in [0.1, 0.15) is 11.8 Å². The van der Waals surface area contributed by atoms with E-state index in [9.17, 15) is 14.4 Å². The fourth-order valence-electron chi connectivity index (χ4n) is 1.14. The highest BCUT2D eigenvalue weighted by Gasteiger charge is 2.34. The van der Waals surface area contributed by atoms with Gasteiger partial charge >= 0.3 is 6.03 Å². The van der Waals surface area contributed by atoms with E-state index in [2.05, 4.69) is 5.32 Å². The van der Waals surface area contributed by atoms with Crippen LogP contribution in [-0.4, -0.2) is 35.2 Å². The van der Waals surface area contributed by atoms with Gasteiger partial charge in [0.05, 0.1) is 0 Å². The van der Waals surface area contributed by atoms with Crippen LogP contribution in [0.3, 0.4) is 0 Å². The molecule has 1 atom stereocenters. The van der Waals surface area contributed by atoms with Crippen molar-refractivity contribution in [2.45, 2.75) is 26.3 Å². The molecular weight excluding hydrogens is 172 g/mol. The molecule has 5 heteroatoms. The number of carbonyl (C=O) groups is 3. The predicted molar refractivity (Wildman–Crippen MR) is 45.0 cm³/mol. The number of hydrogen-bond acceptors (Lipinski definition) is 3. The third-order valence-corrected chi connectivity index (χ3v) is 1.91. The van der Waals surface area contributed by atoms with Gasteiger partial charge in [-0.2, -0.15) is 0 Å². The predicted octanol–water partition coefficient (Wildman–Crippen LogP) is -0.0942. The molecule has 1 rings (SSSR count). The number of rotatable bonds is 3. The number of imide groups is 1. The molecule has 72 valence electrons. The lowest BCUT2D eigenvalue weighted by Crippen LogP contribution is -2.32. The van der Waals surface area contributed by atoms with Crippen molar-refractivity contribution in [3.63, 3.8) is 0 Å². The zero-order chi connectivity index (χ0) is 10.0. The Morgan fingerprint density at radius 2 is 2.15 bits per heavy atom. The Bertz CT molecular complexity index is 262. The molecule has 0 spiro atoms. The number of Topliss-reactive ketones (excluding diaryl/α,β-unsaturated/α-hetero) is 1. The second-order valence-electron chi connectivity index (χ2n) is 3.11. The minimum absolute atomic E-state index is 0.0276. The van der Waals surface area contributed by atoms with E-state index in [4.69, 9.17) is 0 Å². The topological polar surface area (TPSA) is 66.5 Å². The van der Waals surface area contributed by atoms with E-state index in [1.807, 2.05) is 0 Å². The maximum atomic E-state index is 11.3. The van der Waals surface area contributed by atoms with Gasteiger partial charge in [0.25, 0.3) is 5.91 Å². The fourth-order valence-corrected chi connectivity index (χ4v) is 1.14. The van der Waals surface area contributed by atoms with Crippen LogP contribution in [0, 0.1) is 0 Å². The van der Waals surface area contributed by atoms with E-state index >= 15 is 0 Å². The molecule has 0 aliphatic carbocycles. The lowest BCUT2D eigenvalue weighted by molar-refractivity contribution is -0.127. The van der Waals surface area contributed by atoms with Crippen LogP contribution in [-0.2, 0) is 9.59 Å². The van der Waals surface area contributed by atoms with Gasteiger partial charge in [0.15, 0.2) is 0 Å². The van der Waals surface area contributed by atoms with Gasteiger partial charge in [-0.25, -0.2) is 4.79 Å². The van der Waals surface area contributed by atoms with E-state index in [0.29, 0.717) is 0 Å². The lowest BCUT2D eigenvalue weighted by Gasteiger charge is -2.10. The molecule has 1 aliphatic heterocycles. The zero-order valence-corrected chi connectivity index (χ0v) is 7.66. The van der Waals surface area contributed by atoms with Gasteiger partial charge in [0, 0.05) is 13.0 Å². The first-order valence-corrected chi connectivity index (χ1v) is 4.13. The molecule has 0 aromatic rings. The number of urea groups is 1. The monoisotopic (exact) mass is 184 g/mol. The zero-order valence-electron chi connectivity index (χ0n) is 7.66. The Kier molecular flexibility index (Phi) is 2.65. The highest BCUT2D eigenvalue weighted by molar-refractivity contribution is 6.04. The van der Waals surface area contributed by atoms with Crippen molar-refractivity contribution in [3.05, 3.63) is 0 Å². The summed E-state index contributed by atoms with van der Waals surface area (Å²) in [5.41, 5.74) is 0. The highest BCUT2D eigenvalue weighted by Crippen LogP contribution is 2.06. The van der Waals surface area contributed by atoms with Crippen LogP contribution in [0.25, 0.3) is 0 Å². The average Bonchev–Trinajstić information content (AvgIpc) is 2.24. The van der Waals surface area contributed by atoms with Gasteiger partial charge in [0.2, 0.25) is 0 Å². The Morgan fingerprint density at radius 1 is 1.54 bits per heavy atom. The molecule has 0 aromatic heterocycles. The SMILES string of the molecule is CC(=O)CCN1C(=O)NC(C)C1=O. The number of hydrogen-bond donors (Lipinski definition) is 1. The first-order valence-electron chi connectivity index (χ1n) is 4.13. The van der Waals surface area contributed by atoms with Crippen LogP contribution < -0.4 is 5.32 Å². The van der Waals surface area contributed by atoms with E-state index < -0.39 is 12.1 Å². The van der Waals surface area contributed by atoms with Crippen LogP contribution in [0.5, 0.6) is 0 Å². The smallest absolute Gasteiger partial charge is 0.324 e. The molecule has 0 saturated carbocycles. The molecule has 0 bridgehead atoms. The van der Waals surface area contributed by atoms with E-state index in [0.717, 1.165) is 4.90 Å². The second kappa shape index (κ2) is 3.55. The standard InChI is InChI=1S/C8H12N2O3/c1-5(11)3-4-10-7(12)6(2)9-8(10)13/h6H,3-4H2,1-2H3,(H,9,13). The van der Waals surface area contributed by atoms with Crippen LogP contribution in [0.15, 0.2) is 0 Å². The van der Waals surface area contributed by atoms with Gasteiger partial charge in [-0.3, -0.25) is 14.5 Å². The molecule has 5 nitrogen and oxygen atoms in total. The molecule has 0 aromatic carbocycles. The van der Waals surface area contributed by atoms with Crippen molar-refractivity contribution in [3.8, 4) is 0 Å². The summed E-state index contributed by atoms with van der Waals surface area (Å²) < 4.78 is 0. The second-order valence-corrected chi connectivity index (χ2v) is 3.11. The van der Waals surface area contributed by atoms with Crippen molar-refractivity contribution in [2.75, 3.05) is 6.54 Å². The van der Waals surface area contributed by atoms with E-state index in [1.54, 1.807) is 6.92 Å². The first kappa shape index (κ1) is 9.70. The summed E-state index contributed by atoms with van der Waals surface area (Å²) >= 11 is 0. The third kappa shape index (κ3) is 2.05. The molecule has 13 heavy (non-hydrogen) atoms. The van der Waals surface area contributed by atoms with Crippen molar-refractivity contribution in [1.29, 1.82) is 0 Å². The fraction of sp³-hybridized carbons (Fsp3) is 0.625. The summed E-state index contributed by atoms with van der Waals surface area (Å²) in [5, 5.41) is 2.47. The van der Waals surface area contributed by atoms with E-state index in [1.165, 1.54) is 6.92 Å². The summed E-state index contributed by atoms with van der Waals surface area (Å²) in [6.07, 6.45) is 0.228. The van der Waals surface area contributed by atoms with Crippen molar-refractivity contribution < 1.29 is 14.4 Å².